The Bertz CT molecular complexity index is 206. The van der Waals surface area contributed by atoms with Crippen molar-refractivity contribution in [2.75, 3.05) is 0 Å². The Kier molecular flexibility index (Phi) is 2.13. The van der Waals surface area contributed by atoms with Gasteiger partial charge in [-0.05, 0) is 32.6 Å². The Morgan fingerprint density at radius 2 is 1.85 bits per heavy atom. The van der Waals surface area contributed by atoms with Crippen LogP contribution in [-0.2, 0) is 4.74 Å². The summed E-state index contributed by atoms with van der Waals surface area (Å²) in [5.41, 5.74) is -0.974. The molecule has 1 saturated carbocycles. The average molecular weight is 186 g/mol. The summed E-state index contributed by atoms with van der Waals surface area (Å²) < 4.78 is 5.49. The van der Waals surface area contributed by atoms with Crippen LogP contribution in [0.4, 0.5) is 0 Å². The fourth-order valence-corrected chi connectivity index (χ4v) is 2.53. The van der Waals surface area contributed by atoms with Crippen molar-refractivity contribution >= 4 is 0 Å². The number of ether oxygens (including phenoxy) is 1. The molecule has 2 rings (SSSR count). The molecular weight excluding hydrogens is 168 g/mol. The third-order valence-corrected chi connectivity index (χ3v) is 3.44. The summed E-state index contributed by atoms with van der Waals surface area (Å²) in [5.74, 6) is -1.26. The van der Waals surface area contributed by atoms with Gasteiger partial charge in [0.15, 0.2) is 5.79 Å². The van der Waals surface area contributed by atoms with E-state index < -0.39 is 11.4 Å². The molecule has 1 heterocycles. The average Bonchev–Trinajstić information content (AvgIpc) is 2.07. The van der Waals surface area contributed by atoms with Gasteiger partial charge >= 0.3 is 0 Å². The molecule has 0 aromatic heterocycles. The van der Waals surface area contributed by atoms with Crippen molar-refractivity contribution in [3.05, 3.63) is 0 Å². The lowest BCUT2D eigenvalue weighted by atomic mass is 9.74. The molecule has 0 bridgehead atoms. The summed E-state index contributed by atoms with van der Waals surface area (Å²) in [5, 5.41) is 20.3. The van der Waals surface area contributed by atoms with E-state index in [-0.39, 0.29) is 6.10 Å². The van der Waals surface area contributed by atoms with E-state index >= 15 is 0 Å². The molecule has 0 spiro atoms. The topological polar surface area (TPSA) is 49.7 Å². The third-order valence-electron chi connectivity index (χ3n) is 3.44. The van der Waals surface area contributed by atoms with Gasteiger partial charge in [-0.25, -0.2) is 0 Å². The summed E-state index contributed by atoms with van der Waals surface area (Å²) in [6.07, 6.45) is 4.79. The molecular formula is C10H18O3. The minimum atomic E-state index is -1.26. The van der Waals surface area contributed by atoms with E-state index in [1.54, 1.807) is 0 Å². The van der Waals surface area contributed by atoms with Crippen molar-refractivity contribution < 1.29 is 14.9 Å². The minimum Gasteiger partial charge on any atom is -0.384 e. The number of aliphatic hydroxyl groups is 2. The summed E-state index contributed by atoms with van der Waals surface area (Å²) in [6, 6.07) is 0. The van der Waals surface area contributed by atoms with Gasteiger partial charge < -0.3 is 14.9 Å². The maximum absolute atomic E-state index is 10.2. The van der Waals surface area contributed by atoms with Crippen LogP contribution in [0.15, 0.2) is 0 Å². The lowest BCUT2D eigenvalue weighted by molar-refractivity contribution is -0.350. The fourth-order valence-electron chi connectivity index (χ4n) is 2.53. The van der Waals surface area contributed by atoms with Gasteiger partial charge in [0.2, 0.25) is 0 Å². The molecule has 3 unspecified atom stereocenters. The van der Waals surface area contributed by atoms with E-state index in [1.165, 1.54) is 0 Å². The van der Waals surface area contributed by atoms with Gasteiger partial charge in [-0.2, -0.15) is 0 Å². The second kappa shape index (κ2) is 2.94. The van der Waals surface area contributed by atoms with Crippen molar-refractivity contribution in [1.82, 2.24) is 0 Å². The van der Waals surface area contributed by atoms with Crippen LogP contribution in [0.5, 0.6) is 0 Å². The standard InChI is InChI=1S/C10H18O3/c1-8-4-7-9(11)5-2-3-6-10(9,12)13-8/h8,11-12H,2-7H2,1H3. The fraction of sp³-hybridized carbons (Fsp3) is 1.00. The largest absolute Gasteiger partial charge is 0.384 e. The smallest absolute Gasteiger partial charge is 0.195 e. The number of fused-ring (bicyclic) bond motifs is 1. The quantitative estimate of drug-likeness (QED) is 0.597. The number of rotatable bonds is 0. The second-order valence-electron chi connectivity index (χ2n) is 4.49. The number of hydrogen-bond donors (Lipinski definition) is 2. The maximum Gasteiger partial charge on any atom is 0.195 e. The molecule has 2 aliphatic rings. The molecule has 2 fully saturated rings. The van der Waals surface area contributed by atoms with E-state index in [4.69, 9.17) is 4.74 Å². The van der Waals surface area contributed by atoms with Gasteiger partial charge in [0.1, 0.15) is 5.60 Å². The molecule has 3 heteroatoms. The van der Waals surface area contributed by atoms with Crippen molar-refractivity contribution in [2.24, 2.45) is 0 Å². The molecule has 0 amide bonds. The Balaban J connectivity index is 2.20. The van der Waals surface area contributed by atoms with Crippen LogP contribution in [0.1, 0.15) is 45.4 Å². The first-order valence-electron chi connectivity index (χ1n) is 5.18. The Morgan fingerprint density at radius 3 is 2.62 bits per heavy atom. The molecule has 3 atom stereocenters. The molecule has 1 aliphatic carbocycles. The molecule has 3 nitrogen and oxygen atoms in total. The normalized spacial score (nSPS) is 51.5. The van der Waals surface area contributed by atoms with Crippen LogP contribution in [-0.4, -0.2) is 27.7 Å². The Morgan fingerprint density at radius 1 is 1.15 bits per heavy atom. The van der Waals surface area contributed by atoms with Crippen molar-refractivity contribution in [2.45, 2.75) is 62.9 Å². The van der Waals surface area contributed by atoms with E-state index in [1.807, 2.05) is 6.92 Å². The van der Waals surface area contributed by atoms with Crippen LogP contribution in [0.2, 0.25) is 0 Å². The van der Waals surface area contributed by atoms with Crippen LogP contribution in [0.25, 0.3) is 0 Å². The third kappa shape index (κ3) is 1.39. The van der Waals surface area contributed by atoms with Gasteiger partial charge in [0.05, 0.1) is 6.10 Å². The van der Waals surface area contributed by atoms with E-state index in [9.17, 15) is 10.2 Å². The highest BCUT2D eigenvalue weighted by atomic mass is 16.6. The molecule has 76 valence electrons. The number of hydrogen-bond acceptors (Lipinski definition) is 3. The van der Waals surface area contributed by atoms with Crippen LogP contribution in [0.3, 0.4) is 0 Å². The minimum absolute atomic E-state index is 0.0726. The molecule has 2 N–H and O–H groups in total. The van der Waals surface area contributed by atoms with Gasteiger partial charge in [-0.1, -0.05) is 6.42 Å². The molecule has 0 radical (unpaired) electrons. The highest BCUT2D eigenvalue weighted by Crippen LogP contribution is 2.45. The van der Waals surface area contributed by atoms with Crippen molar-refractivity contribution in [3.63, 3.8) is 0 Å². The predicted octanol–water partition coefficient (Wildman–Crippen LogP) is 1.18. The molecule has 13 heavy (non-hydrogen) atoms. The zero-order valence-corrected chi connectivity index (χ0v) is 8.12. The summed E-state index contributed by atoms with van der Waals surface area (Å²) in [4.78, 5) is 0. The maximum atomic E-state index is 10.2. The van der Waals surface area contributed by atoms with Crippen LogP contribution >= 0.6 is 0 Å². The summed E-state index contributed by atoms with van der Waals surface area (Å²) >= 11 is 0. The molecule has 0 aromatic carbocycles. The first kappa shape index (κ1) is 9.44. The predicted molar refractivity (Wildman–Crippen MR) is 48.1 cm³/mol. The Hall–Kier alpha value is -0.120. The van der Waals surface area contributed by atoms with E-state index in [0.717, 1.165) is 19.3 Å². The van der Waals surface area contributed by atoms with E-state index in [0.29, 0.717) is 19.3 Å². The van der Waals surface area contributed by atoms with Gasteiger partial charge in [-0.15, -0.1) is 0 Å². The van der Waals surface area contributed by atoms with Gasteiger partial charge in [0, 0.05) is 6.42 Å². The molecule has 0 aromatic rings. The highest BCUT2D eigenvalue weighted by molar-refractivity contribution is 4.99. The second-order valence-corrected chi connectivity index (χ2v) is 4.49. The van der Waals surface area contributed by atoms with Gasteiger partial charge in [-0.3, -0.25) is 0 Å². The van der Waals surface area contributed by atoms with Gasteiger partial charge in [0.25, 0.3) is 0 Å². The summed E-state index contributed by atoms with van der Waals surface area (Å²) in [7, 11) is 0. The van der Waals surface area contributed by atoms with Crippen LogP contribution in [0, 0.1) is 0 Å². The highest BCUT2D eigenvalue weighted by Gasteiger charge is 2.54. The molecule has 1 aliphatic heterocycles. The monoisotopic (exact) mass is 186 g/mol. The van der Waals surface area contributed by atoms with Crippen molar-refractivity contribution in [1.29, 1.82) is 0 Å². The van der Waals surface area contributed by atoms with E-state index in [2.05, 4.69) is 0 Å². The zero-order valence-electron chi connectivity index (χ0n) is 8.12. The van der Waals surface area contributed by atoms with Crippen LogP contribution < -0.4 is 0 Å². The lowest BCUT2D eigenvalue weighted by Crippen LogP contribution is -2.61. The van der Waals surface area contributed by atoms with Crippen molar-refractivity contribution in [3.8, 4) is 0 Å². The molecule has 1 saturated heterocycles. The Labute approximate surface area is 78.7 Å². The first-order chi connectivity index (χ1) is 6.06. The summed E-state index contributed by atoms with van der Waals surface area (Å²) in [6.45, 7) is 1.95. The lowest BCUT2D eigenvalue weighted by Gasteiger charge is -2.51. The SMILES string of the molecule is CC1CCC2(O)CCCCC2(O)O1. The first-order valence-corrected chi connectivity index (χ1v) is 5.18. The zero-order chi connectivity index (χ0) is 9.53.